The molecule has 0 aromatic heterocycles. The predicted octanol–water partition coefficient (Wildman–Crippen LogP) is 9.16. The first-order valence-corrected chi connectivity index (χ1v) is 26.3. The van der Waals surface area contributed by atoms with Gasteiger partial charge in [0.2, 0.25) is 0 Å². The summed E-state index contributed by atoms with van der Waals surface area (Å²) in [5.41, 5.74) is 10.6. The molecule has 4 heteroatoms. The van der Waals surface area contributed by atoms with Crippen molar-refractivity contribution in [2.75, 3.05) is 4.90 Å². The Kier molecular flexibility index (Phi) is 7.64. The number of rotatable bonds is 4. The van der Waals surface area contributed by atoms with Gasteiger partial charge in [-0.1, -0.05) is 0 Å². The van der Waals surface area contributed by atoms with Gasteiger partial charge in [-0.25, -0.2) is 0 Å². The molecule has 12 rings (SSSR count). The third-order valence-corrected chi connectivity index (χ3v) is 27.5. The Morgan fingerprint density at radius 3 is 1.41 bits per heavy atom. The summed E-state index contributed by atoms with van der Waals surface area (Å²) in [6.45, 7) is 0. The Hall–Kier alpha value is -6.45. The summed E-state index contributed by atoms with van der Waals surface area (Å²) in [5, 5.41) is 2.79. The third-order valence-electron chi connectivity index (χ3n) is 13.2. The van der Waals surface area contributed by atoms with Crippen molar-refractivity contribution in [2.24, 2.45) is 0 Å². The van der Waals surface area contributed by atoms with Crippen molar-refractivity contribution in [3.63, 3.8) is 0 Å². The van der Waals surface area contributed by atoms with Gasteiger partial charge in [0.25, 0.3) is 0 Å². The van der Waals surface area contributed by atoms with Gasteiger partial charge in [0.1, 0.15) is 0 Å². The van der Waals surface area contributed by atoms with E-state index in [9.17, 15) is 0 Å². The fraction of sp³-hybridized carbons (Fsp3) is 0.0182. The van der Waals surface area contributed by atoms with Crippen LogP contribution in [0.1, 0.15) is 22.3 Å². The van der Waals surface area contributed by atoms with Crippen molar-refractivity contribution >= 4 is 71.0 Å². The SMILES string of the molecule is O=P1(c2ccccc2)c2cccc[c]2[Ge]([c]2ccccc2)([c]2ccccc2)[c]2cc(N3c4ccccc4C4(c5ccccc5-c5ccccc54)c4ccccc43)ccc21. The van der Waals surface area contributed by atoms with Crippen LogP contribution in [0.2, 0.25) is 0 Å². The summed E-state index contributed by atoms with van der Waals surface area (Å²) in [6, 6.07) is 84.0. The van der Waals surface area contributed by atoms with Gasteiger partial charge in [0.05, 0.1) is 0 Å². The number of fused-ring (bicyclic) bond motifs is 11. The molecule has 1 spiro atoms. The van der Waals surface area contributed by atoms with Crippen LogP contribution >= 0.6 is 7.14 Å². The van der Waals surface area contributed by atoms with Crippen molar-refractivity contribution in [1.29, 1.82) is 0 Å². The average Bonchev–Trinajstić information content (AvgIpc) is 3.61. The van der Waals surface area contributed by atoms with Gasteiger partial charge in [-0.2, -0.15) is 0 Å². The zero-order chi connectivity index (χ0) is 39.2. The van der Waals surface area contributed by atoms with E-state index >= 15 is 4.57 Å². The van der Waals surface area contributed by atoms with E-state index in [1.807, 2.05) is 18.2 Å². The van der Waals surface area contributed by atoms with Crippen molar-refractivity contribution in [3.8, 4) is 11.1 Å². The molecular formula is C55H38GeNOP. The van der Waals surface area contributed by atoms with E-state index in [0.29, 0.717) is 0 Å². The van der Waals surface area contributed by atoms with Crippen LogP contribution in [0.4, 0.5) is 17.1 Å². The molecule has 0 fully saturated rings. The molecule has 278 valence electrons. The van der Waals surface area contributed by atoms with Crippen LogP contribution in [0.15, 0.2) is 231 Å². The Bertz CT molecular complexity index is 3030. The minimum atomic E-state index is -3.92. The van der Waals surface area contributed by atoms with Gasteiger partial charge >= 0.3 is 350 Å². The van der Waals surface area contributed by atoms with E-state index in [2.05, 4.69) is 217 Å². The molecule has 0 radical (unpaired) electrons. The normalized spacial score (nSPS) is 17.2. The maximum atomic E-state index is 16.5. The van der Waals surface area contributed by atoms with Gasteiger partial charge < -0.3 is 0 Å². The van der Waals surface area contributed by atoms with Crippen LogP contribution in [0.3, 0.4) is 0 Å². The maximum absolute atomic E-state index is 16.5. The van der Waals surface area contributed by atoms with Gasteiger partial charge in [0.15, 0.2) is 0 Å². The Labute approximate surface area is 347 Å². The second-order valence-electron chi connectivity index (χ2n) is 15.9. The van der Waals surface area contributed by atoms with Crippen molar-refractivity contribution < 1.29 is 4.57 Å². The summed E-state index contributed by atoms with van der Waals surface area (Å²) in [5.74, 6) is 0. The fourth-order valence-electron chi connectivity index (χ4n) is 11.0. The van der Waals surface area contributed by atoms with E-state index in [0.717, 1.165) is 33.0 Å². The Morgan fingerprint density at radius 2 is 0.831 bits per heavy atom. The first-order valence-electron chi connectivity index (χ1n) is 20.4. The molecule has 1 atom stereocenters. The van der Waals surface area contributed by atoms with E-state index in [-0.39, 0.29) is 0 Å². The summed E-state index contributed by atoms with van der Waals surface area (Å²) in [7, 11) is -3.33. The number of hydrogen-bond donors (Lipinski definition) is 0. The van der Waals surface area contributed by atoms with Crippen LogP contribution in [-0.2, 0) is 9.98 Å². The molecule has 9 aromatic rings. The van der Waals surface area contributed by atoms with Gasteiger partial charge in [-0.05, 0) is 0 Å². The number of hydrogen-bond acceptors (Lipinski definition) is 2. The molecule has 59 heavy (non-hydrogen) atoms. The van der Waals surface area contributed by atoms with Crippen molar-refractivity contribution in [1.82, 2.24) is 0 Å². The fourth-order valence-corrected chi connectivity index (χ4v) is 27.8. The van der Waals surface area contributed by atoms with Gasteiger partial charge in [-0.15, -0.1) is 0 Å². The molecule has 0 saturated heterocycles. The number of benzene rings is 9. The third kappa shape index (κ3) is 4.51. The molecule has 0 N–H and O–H groups in total. The van der Waals surface area contributed by atoms with Crippen LogP contribution in [-0.4, -0.2) is 13.3 Å². The molecule has 2 aliphatic heterocycles. The monoisotopic (exact) mass is 833 g/mol. The molecule has 3 aliphatic rings. The second kappa shape index (κ2) is 13.0. The molecule has 1 unspecified atom stereocenters. The predicted molar refractivity (Wildman–Crippen MR) is 249 cm³/mol. The van der Waals surface area contributed by atoms with E-state index in [4.69, 9.17) is 0 Å². The molecule has 9 aromatic carbocycles. The first kappa shape index (κ1) is 34.6. The summed E-state index contributed by atoms with van der Waals surface area (Å²) in [4.78, 5) is 2.48. The van der Waals surface area contributed by atoms with Crippen LogP contribution in [0.5, 0.6) is 0 Å². The standard InChI is InChI=1S/C55H38GeNOP/c58-59(42-24-8-3-9-25-42)53-35-19-16-32-49(53)56(39-20-4-1-5-21-39,40-22-6-2-7-23-40)50-38-41(36-37-54(50)59)57-51-33-17-14-30-47(51)55(48-31-15-18-34-52(48)57)45-28-12-10-26-43(45)44-27-11-13-29-46(44)55/h1-38H. The van der Waals surface area contributed by atoms with E-state index < -0.39 is 25.8 Å². The van der Waals surface area contributed by atoms with E-state index in [1.165, 1.54) is 51.0 Å². The number of nitrogens with zero attached hydrogens (tertiary/aromatic N) is 1. The summed E-state index contributed by atoms with van der Waals surface area (Å²) in [6.07, 6.45) is 0. The molecule has 0 bridgehead atoms. The Balaban J connectivity index is 1.20. The summed E-state index contributed by atoms with van der Waals surface area (Å²) < 4.78 is 21.6. The quantitative estimate of drug-likeness (QED) is 0.130. The van der Waals surface area contributed by atoms with Gasteiger partial charge in [0, 0.05) is 0 Å². The zero-order valence-corrected chi connectivity index (χ0v) is 35.2. The molecule has 2 nitrogen and oxygen atoms in total. The Morgan fingerprint density at radius 1 is 0.390 bits per heavy atom. The zero-order valence-electron chi connectivity index (χ0n) is 32.2. The molecule has 1 aliphatic carbocycles. The minimum absolute atomic E-state index is 0.497. The van der Waals surface area contributed by atoms with Gasteiger partial charge in [-0.3, -0.25) is 0 Å². The first-order chi connectivity index (χ1) is 29.2. The van der Waals surface area contributed by atoms with Crippen LogP contribution in [0, 0.1) is 0 Å². The number of para-hydroxylation sites is 2. The summed E-state index contributed by atoms with van der Waals surface area (Å²) >= 11 is -3.92. The van der Waals surface area contributed by atoms with Crippen LogP contribution in [0.25, 0.3) is 11.1 Å². The average molecular weight is 832 g/mol. The van der Waals surface area contributed by atoms with Crippen LogP contribution < -0.4 is 38.4 Å². The molecule has 0 saturated carbocycles. The topological polar surface area (TPSA) is 20.3 Å². The number of anilines is 3. The molecular weight excluding hydrogens is 794 g/mol. The van der Waals surface area contributed by atoms with Crippen molar-refractivity contribution in [3.05, 3.63) is 253 Å². The molecule has 2 heterocycles. The second-order valence-corrected chi connectivity index (χ2v) is 26.4. The van der Waals surface area contributed by atoms with Crippen molar-refractivity contribution in [2.45, 2.75) is 5.41 Å². The van der Waals surface area contributed by atoms with E-state index in [1.54, 1.807) is 0 Å². The molecule has 0 amide bonds.